The second kappa shape index (κ2) is 20.4. The molecule has 15 heteroatoms. The van der Waals surface area contributed by atoms with Crippen LogP contribution in [0.1, 0.15) is 108 Å². The number of amides is 1. The molecular weight excluding hydrogens is 737 g/mol. The second-order valence-corrected chi connectivity index (χ2v) is 16.7. The molecule has 0 spiro atoms. The highest BCUT2D eigenvalue weighted by Crippen LogP contribution is 2.26. The lowest BCUT2D eigenvalue weighted by Gasteiger charge is -2.25. The van der Waals surface area contributed by atoms with Crippen LogP contribution in [-0.4, -0.2) is 101 Å². The van der Waals surface area contributed by atoms with Crippen molar-refractivity contribution < 1.29 is 24.2 Å². The van der Waals surface area contributed by atoms with Crippen LogP contribution < -0.4 is 20.9 Å². The summed E-state index contributed by atoms with van der Waals surface area (Å²) in [6, 6.07) is 4.28. The minimum Gasteiger partial charge on any atom is -0.477 e. The number of carbonyl (C=O) groups excluding carboxylic acids is 1. The second-order valence-electron chi connectivity index (χ2n) is 15.0. The molecule has 4 aromatic rings. The summed E-state index contributed by atoms with van der Waals surface area (Å²) in [7, 11) is 0. The predicted molar refractivity (Wildman–Crippen MR) is 219 cm³/mol. The van der Waals surface area contributed by atoms with Gasteiger partial charge in [0, 0.05) is 87.8 Å². The molecule has 4 N–H and O–H groups in total. The van der Waals surface area contributed by atoms with Crippen molar-refractivity contribution in [2.75, 3.05) is 62.4 Å². The standard InChI is InChI=1S/C20H28N4O2S.C15H19N3O2S.C5H11NO/c1-15-11-18(19(25)21-16-5-9-26-10-6-16)24(12-15)13-17-14-27-20(22-17)23-7-3-2-4-8-23;1-11-7-13(14(19)20)18(8-11)9-12-10-21-15(16-12)17-5-3-2-4-6-17;6-5-1-3-7-4-2-5/h11-12,14,16H,2-10,13H2,1H3,(H,21,25);7-8,10H,2-6,9H2,1H3,(H,19,20);5H,1-4,6H2. The third-order valence-electron chi connectivity index (χ3n) is 10.3. The number of nitrogens with zero attached hydrogens (tertiary/aromatic N) is 6. The zero-order valence-corrected chi connectivity index (χ0v) is 34.1. The van der Waals surface area contributed by atoms with Crippen LogP contribution in [0, 0.1) is 13.8 Å². The van der Waals surface area contributed by atoms with E-state index in [0.29, 0.717) is 30.5 Å². The number of piperidine rings is 2. The molecule has 55 heavy (non-hydrogen) atoms. The van der Waals surface area contributed by atoms with Crippen molar-refractivity contribution in [2.24, 2.45) is 5.73 Å². The molecular formula is C40H58N8O5S2. The van der Waals surface area contributed by atoms with Crippen LogP contribution in [-0.2, 0) is 22.6 Å². The minimum absolute atomic E-state index is 0.00137. The Morgan fingerprint density at radius 3 is 1.65 bits per heavy atom. The predicted octanol–water partition coefficient (Wildman–Crippen LogP) is 6.31. The number of carboxylic acids is 1. The molecule has 0 unspecified atom stereocenters. The van der Waals surface area contributed by atoms with E-state index in [1.54, 1.807) is 33.3 Å². The molecule has 4 aliphatic heterocycles. The Hall–Kier alpha value is -3.76. The van der Waals surface area contributed by atoms with Gasteiger partial charge < -0.3 is 44.6 Å². The van der Waals surface area contributed by atoms with Gasteiger partial charge in [-0.1, -0.05) is 0 Å². The highest BCUT2D eigenvalue weighted by Gasteiger charge is 2.21. The molecule has 0 radical (unpaired) electrons. The quantitative estimate of drug-likeness (QED) is 0.176. The fraction of sp³-hybridized carbons (Fsp3) is 0.600. The average Bonchev–Trinajstić information content (AvgIpc) is 4.02. The number of hydrogen-bond acceptors (Lipinski definition) is 11. The van der Waals surface area contributed by atoms with Crippen LogP contribution in [0.4, 0.5) is 10.3 Å². The Bertz CT molecular complexity index is 1790. The van der Waals surface area contributed by atoms with Crippen molar-refractivity contribution >= 4 is 44.8 Å². The number of anilines is 2. The van der Waals surface area contributed by atoms with E-state index in [4.69, 9.17) is 20.2 Å². The number of nitrogens with two attached hydrogens (primary N) is 1. The lowest BCUT2D eigenvalue weighted by atomic mass is 10.1. The fourth-order valence-electron chi connectivity index (χ4n) is 7.31. The zero-order valence-electron chi connectivity index (χ0n) is 32.4. The molecule has 0 aliphatic carbocycles. The SMILES string of the molecule is Cc1cc(C(=O)NC2CCOCC2)n(Cc2csc(N3CCCCC3)n2)c1.Cc1cc(C(=O)O)n(Cc2csc(N3CCCCC3)n2)c1.NC1CCOCC1. The summed E-state index contributed by atoms with van der Waals surface area (Å²) in [4.78, 5) is 38.2. The van der Waals surface area contributed by atoms with Gasteiger partial charge in [0.1, 0.15) is 11.4 Å². The van der Waals surface area contributed by atoms with Crippen LogP contribution in [0.25, 0.3) is 0 Å². The smallest absolute Gasteiger partial charge is 0.352 e. The summed E-state index contributed by atoms with van der Waals surface area (Å²) in [5, 5.41) is 18.7. The zero-order chi connectivity index (χ0) is 38.6. The molecule has 0 atom stereocenters. The first-order valence-corrected chi connectivity index (χ1v) is 21.6. The van der Waals surface area contributed by atoms with E-state index in [1.165, 1.54) is 38.5 Å². The van der Waals surface area contributed by atoms with Gasteiger partial charge in [-0.2, -0.15) is 0 Å². The minimum atomic E-state index is -0.894. The molecule has 8 rings (SSSR count). The maximum absolute atomic E-state index is 12.8. The number of aromatic carboxylic acids is 1. The van der Waals surface area contributed by atoms with Gasteiger partial charge in [-0.25, -0.2) is 14.8 Å². The average molecular weight is 795 g/mol. The molecule has 8 heterocycles. The Balaban J connectivity index is 0.000000162. The number of aromatic nitrogens is 4. The van der Waals surface area contributed by atoms with Crippen molar-refractivity contribution in [3.8, 4) is 0 Å². The molecule has 4 aromatic heterocycles. The lowest BCUT2D eigenvalue weighted by Crippen LogP contribution is -2.39. The van der Waals surface area contributed by atoms with Crippen molar-refractivity contribution in [3.05, 3.63) is 69.2 Å². The summed E-state index contributed by atoms with van der Waals surface area (Å²) in [6.07, 6.45) is 15.4. The van der Waals surface area contributed by atoms with E-state index in [9.17, 15) is 14.7 Å². The first-order chi connectivity index (χ1) is 26.7. The van der Waals surface area contributed by atoms with Gasteiger partial charge in [0.15, 0.2) is 10.3 Å². The Morgan fingerprint density at radius 1 is 0.745 bits per heavy atom. The first-order valence-electron chi connectivity index (χ1n) is 19.9. The highest BCUT2D eigenvalue weighted by molar-refractivity contribution is 7.14. The molecule has 1 amide bonds. The van der Waals surface area contributed by atoms with Gasteiger partial charge in [-0.05, 0) is 101 Å². The van der Waals surface area contributed by atoms with Crippen molar-refractivity contribution in [1.29, 1.82) is 0 Å². The molecule has 0 saturated carbocycles. The summed E-state index contributed by atoms with van der Waals surface area (Å²) in [5.41, 5.74) is 10.6. The number of hydrogen-bond donors (Lipinski definition) is 3. The molecule has 0 bridgehead atoms. The summed E-state index contributed by atoms with van der Waals surface area (Å²) >= 11 is 3.36. The van der Waals surface area contributed by atoms with Crippen LogP contribution in [0.3, 0.4) is 0 Å². The molecule has 13 nitrogen and oxygen atoms in total. The van der Waals surface area contributed by atoms with E-state index in [-0.39, 0.29) is 11.9 Å². The topological polar surface area (TPSA) is 153 Å². The van der Waals surface area contributed by atoms with Gasteiger partial charge >= 0.3 is 5.97 Å². The van der Waals surface area contributed by atoms with Crippen LogP contribution in [0.2, 0.25) is 0 Å². The van der Waals surface area contributed by atoms with Gasteiger partial charge in [0.05, 0.1) is 24.5 Å². The first kappa shape index (κ1) is 40.9. The number of aryl methyl sites for hydroxylation is 2. The molecule has 4 fully saturated rings. The largest absolute Gasteiger partial charge is 0.477 e. The van der Waals surface area contributed by atoms with Gasteiger partial charge in [-0.3, -0.25) is 4.79 Å². The number of ether oxygens (including phenoxy) is 2. The van der Waals surface area contributed by atoms with E-state index in [2.05, 4.69) is 25.5 Å². The molecule has 4 saturated heterocycles. The number of thiazole rings is 2. The summed E-state index contributed by atoms with van der Waals surface area (Å²) < 4.78 is 14.2. The van der Waals surface area contributed by atoms with Crippen molar-refractivity contribution in [1.82, 2.24) is 24.4 Å². The van der Waals surface area contributed by atoms with Crippen LogP contribution in [0.15, 0.2) is 35.3 Å². The van der Waals surface area contributed by atoms with Crippen molar-refractivity contribution in [3.63, 3.8) is 0 Å². The van der Waals surface area contributed by atoms with E-state index in [1.807, 2.05) is 42.3 Å². The number of carbonyl (C=O) groups is 2. The lowest BCUT2D eigenvalue weighted by molar-refractivity contribution is 0.0680. The Labute approximate surface area is 332 Å². The number of nitrogens with one attached hydrogen (secondary N) is 1. The van der Waals surface area contributed by atoms with Gasteiger partial charge in [-0.15, -0.1) is 22.7 Å². The summed E-state index contributed by atoms with van der Waals surface area (Å²) in [6.45, 7) is 12.6. The summed E-state index contributed by atoms with van der Waals surface area (Å²) in [5.74, 6) is -0.893. The highest BCUT2D eigenvalue weighted by atomic mass is 32.1. The molecule has 300 valence electrons. The molecule has 0 aromatic carbocycles. The van der Waals surface area contributed by atoms with Crippen molar-refractivity contribution in [2.45, 2.75) is 103 Å². The number of rotatable bonds is 9. The molecule has 4 aliphatic rings. The van der Waals surface area contributed by atoms with E-state index >= 15 is 0 Å². The van der Waals surface area contributed by atoms with Crippen LogP contribution >= 0.6 is 22.7 Å². The van der Waals surface area contributed by atoms with Gasteiger partial charge in [0.25, 0.3) is 5.91 Å². The van der Waals surface area contributed by atoms with Crippen LogP contribution in [0.5, 0.6) is 0 Å². The maximum Gasteiger partial charge on any atom is 0.352 e. The fourth-order valence-corrected chi connectivity index (χ4v) is 9.05. The van der Waals surface area contributed by atoms with Gasteiger partial charge in [0.2, 0.25) is 0 Å². The third kappa shape index (κ3) is 12.1. The monoisotopic (exact) mass is 794 g/mol. The van der Waals surface area contributed by atoms with E-state index < -0.39 is 5.97 Å². The maximum atomic E-state index is 12.8. The Kier molecular flexibility index (Phi) is 15.2. The normalized spacial score (nSPS) is 18.2. The Morgan fingerprint density at radius 2 is 1.20 bits per heavy atom. The number of carboxylic acid groups (broad SMARTS) is 1. The third-order valence-corrected chi connectivity index (χ3v) is 12.2. The van der Waals surface area contributed by atoms with E-state index in [0.717, 1.165) is 111 Å².